The zero-order valence-electron chi connectivity index (χ0n) is 21.5. The minimum Gasteiger partial charge on any atom is -0.494 e. The number of aryl methyl sites for hydroxylation is 1. The van der Waals surface area contributed by atoms with E-state index in [2.05, 4.69) is 38.2 Å². The molecule has 0 saturated heterocycles. The van der Waals surface area contributed by atoms with Crippen LogP contribution in [0.2, 0.25) is 0 Å². The summed E-state index contributed by atoms with van der Waals surface area (Å²) in [4.78, 5) is 6.11. The van der Waals surface area contributed by atoms with Gasteiger partial charge in [0.05, 0.1) is 23.9 Å². The molecular weight excluding hydrogens is 472 g/mol. The molecule has 194 valence electrons. The molecule has 0 amide bonds. The van der Waals surface area contributed by atoms with Gasteiger partial charge < -0.3 is 14.8 Å². The van der Waals surface area contributed by atoms with Crippen LogP contribution in [0.3, 0.4) is 0 Å². The van der Waals surface area contributed by atoms with Crippen molar-refractivity contribution < 1.29 is 14.7 Å². The minimum absolute atomic E-state index is 0.0377. The Hall–Kier alpha value is -2.94. The number of nitrogens with zero attached hydrogens (tertiary/aromatic N) is 1. The van der Waals surface area contributed by atoms with Gasteiger partial charge >= 0.3 is 0 Å². The van der Waals surface area contributed by atoms with Gasteiger partial charge in [-0.05, 0) is 93.6 Å². The number of nitrogens with one attached hydrogen (secondary N) is 3. The number of hydrogen-bond acceptors (Lipinski definition) is 7. The molecule has 0 atom stereocenters. The van der Waals surface area contributed by atoms with E-state index >= 15 is 0 Å². The first-order chi connectivity index (χ1) is 17.5. The van der Waals surface area contributed by atoms with E-state index < -0.39 is 0 Å². The standard InChI is InChI=1S/C28H38N4O3S/c1-20(2)19-30-16-15-26-27(31-21(3)36-26)22-7-11-24(12-8-22)34-17-5-4-6-18-35-25-13-9-23(10-14-25)28(29)32-33/h7-14,20,30,33H,4-6,15-19H2,1-3H3,(H2,29,32). The zero-order chi connectivity index (χ0) is 25.8. The number of rotatable bonds is 15. The summed E-state index contributed by atoms with van der Waals surface area (Å²) in [7, 11) is 0. The number of aromatic nitrogens is 1. The van der Waals surface area contributed by atoms with Crippen LogP contribution >= 0.6 is 11.3 Å². The van der Waals surface area contributed by atoms with Crippen LogP contribution in [-0.2, 0) is 6.42 Å². The van der Waals surface area contributed by atoms with E-state index in [1.54, 1.807) is 35.6 Å². The average molecular weight is 511 g/mol. The van der Waals surface area contributed by atoms with E-state index in [1.165, 1.54) is 4.88 Å². The number of benzene rings is 2. The highest BCUT2D eigenvalue weighted by Crippen LogP contribution is 2.29. The van der Waals surface area contributed by atoms with Gasteiger partial charge in [0.15, 0.2) is 0 Å². The van der Waals surface area contributed by atoms with Crippen LogP contribution in [-0.4, -0.2) is 42.3 Å². The van der Waals surface area contributed by atoms with Gasteiger partial charge in [-0.15, -0.1) is 11.3 Å². The number of hydrogen-bond donors (Lipinski definition) is 4. The van der Waals surface area contributed by atoms with Gasteiger partial charge in [-0.2, -0.15) is 0 Å². The topological polar surface area (TPSA) is 99.5 Å². The van der Waals surface area contributed by atoms with Crippen molar-refractivity contribution in [1.29, 1.82) is 5.41 Å². The molecule has 0 radical (unpaired) electrons. The molecule has 0 aliphatic heterocycles. The summed E-state index contributed by atoms with van der Waals surface area (Å²) < 4.78 is 11.7. The SMILES string of the molecule is Cc1nc(-c2ccc(OCCCCCOc3ccc(C(=N)NO)cc3)cc2)c(CCNCC(C)C)s1. The fourth-order valence-corrected chi connectivity index (χ4v) is 4.67. The molecule has 36 heavy (non-hydrogen) atoms. The lowest BCUT2D eigenvalue weighted by molar-refractivity contribution is 0.234. The number of hydroxylamine groups is 1. The zero-order valence-corrected chi connectivity index (χ0v) is 22.3. The van der Waals surface area contributed by atoms with Gasteiger partial charge in [0.2, 0.25) is 0 Å². The van der Waals surface area contributed by atoms with Gasteiger partial charge in [-0.1, -0.05) is 13.8 Å². The maximum absolute atomic E-state index is 8.77. The van der Waals surface area contributed by atoms with E-state index in [4.69, 9.17) is 25.1 Å². The molecule has 0 saturated carbocycles. The van der Waals surface area contributed by atoms with Crippen LogP contribution < -0.4 is 20.3 Å². The Bertz CT molecular complexity index is 1070. The Labute approximate surface area is 218 Å². The van der Waals surface area contributed by atoms with E-state index in [0.29, 0.717) is 24.7 Å². The molecular formula is C28H38N4O3S. The summed E-state index contributed by atoms with van der Waals surface area (Å²) in [5.74, 6) is 2.26. The van der Waals surface area contributed by atoms with Crippen molar-refractivity contribution in [3.63, 3.8) is 0 Å². The van der Waals surface area contributed by atoms with Crippen LogP contribution in [0.25, 0.3) is 11.3 Å². The van der Waals surface area contributed by atoms with Crippen LogP contribution in [0.5, 0.6) is 11.5 Å². The number of thiazole rings is 1. The van der Waals surface area contributed by atoms with E-state index in [1.807, 2.05) is 17.6 Å². The molecule has 0 aliphatic carbocycles. The summed E-state index contributed by atoms with van der Waals surface area (Å²) in [6, 6.07) is 15.3. The fourth-order valence-electron chi connectivity index (χ4n) is 3.71. The normalized spacial score (nSPS) is 11.0. The molecule has 0 spiro atoms. The fraction of sp³-hybridized carbons (Fsp3) is 0.429. The largest absolute Gasteiger partial charge is 0.494 e. The third-order valence-electron chi connectivity index (χ3n) is 5.59. The lowest BCUT2D eigenvalue weighted by Crippen LogP contribution is -2.22. The van der Waals surface area contributed by atoms with E-state index in [0.717, 1.165) is 66.5 Å². The summed E-state index contributed by atoms with van der Waals surface area (Å²) in [6.07, 6.45) is 3.91. The van der Waals surface area contributed by atoms with Gasteiger partial charge in [-0.3, -0.25) is 16.1 Å². The predicted molar refractivity (Wildman–Crippen MR) is 147 cm³/mol. The maximum Gasteiger partial charge on any atom is 0.149 e. The highest BCUT2D eigenvalue weighted by Gasteiger charge is 2.11. The lowest BCUT2D eigenvalue weighted by Gasteiger charge is -2.09. The summed E-state index contributed by atoms with van der Waals surface area (Å²) in [5, 5.41) is 20.9. The van der Waals surface area contributed by atoms with Crippen molar-refractivity contribution in [1.82, 2.24) is 15.8 Å². The van der Waals surface area contributed by atoms with Crippen LogP contribution in [0.4, 0.5) is 0 Å². The van der Waals surface area contributed by atoms with Crippen LogP contribution in [0.1, 0.15) is 48.6 Å². The predicted octanol–water partition coefficient (Wildman–Crippen LogP) is 5.84. The molecule has 7 nitrogen and oxygen atoms in total. The first kappa shape index (κ1) is 27.6. The van der Waals surface area contributed by atoms with Crippen LogP contribution in [0.15, 0.2) is 48.5 Å². The molecule has 0 aliphatic rings. The Kier molecular flexibility index (Phi) is 11.2. The molecule has 0 unspecified atom stereocenters. The van der Waals surface area contributed by atoms with Gasteiger partial charge in [0.1, 0.15) is 17.3 Å². The van der Waals surface area contributed by atoms with Crippen molar-refractivity contribution in [2.24, 2.45) is 5.92 Å². The van der Waals surface area contributed by atoms with Crippen LogP contribution in [0, 0.1) is 18.3 Å². The first-order valence-corrected chi connectivity index (χ1v) is 13.4. The second kappa shape index (κ2) is 14.6. The Morgan fingerprint density at radius 1 is 0.972 bits per heavy atom. The minimum atomic E-state index is -0.0377. The number of ether oxygens (including phenoxy) is 2. The molecule has 3 rings (SSSR count). The average Bonchev–Trinajstić information content (AvgIpc) is 3.26. The highest BCUT2D eigenvalue weighted by atomic mass is 32.1. The van der Waals surface area contributed by atoms with Gasteiger partial charge in [-0.25, -0.2) is 4.98 Å². The van der Waals surface area contributed by atoms with Gasteiger partial charge in [0.25, 0.3) is 0 Å². The molecule has 8 heteroatoms. The number of amidine groups is 1. The van der Waals surface area contributed by atoms with Crippen molar-refractivity contribution in [2.45, 2.75) is 46.5 Å². The smallest absolute Gasteiger partial charge is 0.149 e. The summed E-state index contributed by atoms with van der Waals surface area (Å²) in [6.45, 7) is 9.84. The van der Waals surface area contributed by atoms with Crippen molar-refractivity contribution in [2.75, 3.05) is 26.3 Å². The lowest BCUT2D eigenvalue weighted by atomic mass is 10.1. The van der Waals surface area contributed by atoms with Crippen molar-refractivity contribution in [3.05, 3.63) is 64.0 Å². The quantitative estimate of drug-likeness (QED) is 0.0887. The highest BCUT2D eigenvalue weighted by molar-refractivity contribution is 7.12. The number of unbranched alkanes of at least 4 members (excludes halogenated alkanes) is 2. The molecule has 2 aromatic carbocycles. The molecule has 3 aromatic rings. The third kappa shape index (κ3) is 8.93. The molecule has 1 heterocycles. The summed E-state index contributed by atoms with van der Waals surface area (Å²) in [5.41, 5.74) is 4.67. The Balaban J connectivity index is 1.35. The van der Waals surface area contributed by atoms with E-state index in [-0.39, 0.29) is 5.84 Å². The third-order valence-corrected chi connectivity index (χ3v) is 6.62. The molecule has 4 N–H and O–H groups in total. The molecule has 1 aromatic heterocycles. The Morgan fingerprint density at radius 3 is 2.17 bits per heavy atom. The Morgan fingerprint density at radius 2 is 1.58 bits per heavy atom. The monoisotopic (exact) mass is 510 g/mol. The first-order valence-electron chi connectivity index (χ1n) is 12.6. The van der Waals surface area contributed by atoms with E-state index in [9.17, 15) is 0 Å². The van der Waals surface area contributed by atoms with Gasteiger partial charge in [0, 0.05) is 22.5 Å². The van der Waals surface area contributed by atoms with Crippen molar-refractivity contribution in [3.8, 4) is 22.8 Å². The molecule has 0 bridgehead atoms. The van der Waals surface area contributed by atoms with Crippen molar-refractivity contribution >= 4 is 17.2 Å². The second-order valence-electron chi connectivity index (χ2n) is 9.15. The maximum atomic E-state index is 8.77. The summed E-state index contributed by atoms with van der Waals surface area (Å²) >= 11 is 1.78. The second-order valence-corrected chi connectivity index (χ2v) is 10.4. The molecule has 0 fully saturated rings.